The van der Waals surface area contributed by atoms with Crippen LogP contribution in [0.1, 0.15) is 20.3 Å². The monoisotopic (exact) mass is 333 g/mol. The normalized spacial score (nSPS) is 12.1. The Morgan fingerprint density at radius 3 is 2.67 bits per heavy atom. The molecule has 24 heavy (non-hydrogen) atoms. The Kier molecular flexibility index (Phi) is 5.51. The molecule has 1 unspecified atom stereocenters. The van der Waals surface area contributed by atoms with Gasteiger partial charge >= 0.3 is 5.97 Å². The molecule has 8 heteroatoms. The van der Waals surface area contributed by atoms with E-state index < -0.39 is 23.5 Å². The van der Waals surface area contributed by atoms with E-state index in [0.717, 1.165) is 4.68 Å². The highest BCUT2D eigenvalue weighted by Gasteiger charge is 2.21. The minimum absolute atomic E-state index is 0.106. The van der Waals surface area contributed by atoms with Crippen LogP contribution < -0.4 is 10.9 Å². The van der Waals surface area contributed by atoms with E-state index in [4.69, 9.17) is 9.52 Å². The van der Waals surface area contributed by atoms with Gasteiger partial charge in [0.25, 0.3) is 5.56 Å². The second-order valence-corrected chi connectivity index (χ2v) is 5.78. The van der Waals surface area contributed by atoms with Crippen LogP contribution in [0.5, 0.6) is 0 Å². The number of hydrogen-bond donors (Lipinski definition) is 2. The van der Waals surface area contributed by atoms with Gasteiger partial charge in [-0.3, -0.25) is 9.59 Å². The van der Waals surface area contributed by atoms with Gasteiger partial charge in [-0.05, 0) is 30.5 Å². The third-order valence-corrected chi connectivity index (χ3v) is 3.27. The number of carboxylic acids is 1. The first-order chi connectivity index (χ1) is 11.4. The highest BCUT2D eigenvalue weighted by molar-refractivity contribution is 5.83. The van der Waals surface area contributed by atoms with Crippen molar-refractivity contribution in [3.63, 3.8) is 0 Å². The number of aliphatic carboxylic acids is 1. The summed E-state index contributed by atoms with van der Waals surface area (Å²) in [6.07, 6.45) is 1.78. The van der Waals surface area contributed by atoms with Gasteiger partial charge in [0.15, 0.2) is 5.76 Å². The first kappa shape index (κ1) is 17.5. The fourth-order valence-corrected chi connectivity index (χ4v) is 2.19. The molecule has 0 aromatic carbocycles. The Morgan fingerprint density at radius 2 is 2.08 bits per heavy atom. The van der Waals surface area contributed by atoms with Crippen molar-refractivity contribution in [2.45, 2.75) is 32.9 Å². The SMILES string of the molecule is CC(C)CC(NC(=O)Cn1nc(-c2ccco2)ccc1=O)C(=O)O. The van der Waals surface area contributed by atoms with E-state index >= 15 is 0 Å². The van der Waals surface area contributed by atoms with E-state index in [2.05, 4.69) is 10.4 Å². The lowest BCUT2D eigenvalue weighted by Crippen LogP contribution is -2.44. The molecular formula is C16H19N3O5. The molecule has 2 N–H and O–H groups in total. The fourth-order valence-electron chi connectivity index (χ4n) is 2.19. The van der Waals surface area contributed by atoms with Crippen LogP contribution in [0.4, 0.5) is 0 Å². The molecular weight excluding hydrogens is 314 g/mol. The number of aromatic nitrogens is 2. The minimum atomic E-state index is -1.11. The predicted molar refractivity (Wildman–Crippen MR) is 85.2 cm³/mol. The number of amides is 1. The van der Waals surface area contributed by atoms with E-state index in [1.54, 1.807) is 12.1 Å². The number of carbonyl (C=O) groups is 2. The van der Waals surface area contributed by atoms with Gasteiger partial charge in [-0.1, -0.05) is 13.8 Å². The van der Waals surface area contributed by atoms with E-state index in [1.807, 2.05) is 13.8 Å². The third-order valence-electron chi connectivity index (χ3n) is 3.27. The van der Waals surface area contributed by atoms with Crippen LogP contribution in [-0.4, -0.2) is 32.8 Å². The Balaban J connectivity index is 2.12. The molecule has 128 valence electrons. The molecule has 0 spiro atoms. The summed E-state index contributed by atoms with van der Waals surface area (Å²) in [7, 11) is 0. The molecule has 2 aromatic heterocycles. The fraction of sp³-hybridized carbons (Fsp3) is 0.375. The van der Waals surface area contributed by atoms with Gasteiger partial charge in [0.1, 0.15) is 18.3 Å². The van der Waals surface area contributed by atoms with Gasteiger partial charge in [-0.25, -0.2) is 9.48 Å². The van der Waals surface area contributed by atoms with Crippen molar-refractivity contribution in [1.82, 2.24) is 15.1 Å². The van der Waals surface area contributed by atoms with Crippen LogP contribution >= 0.6 is 0 Å². The molecule has 0 saturated carbocycles. The summed E-state index contributed by atoms with van der Waals surface area (Å²) < 4.78 is 6.18. The lowest BCUT2D eigenvalue weighted by molar-refractivity contribution is -0.142. The van der Waals surface area contributed by atoms with Gasteiger partial charge in [0, 0.05) is 6.07 Å². The second-order valence-electron chi connectivity index (χ2n) is 5.78. The summed E-state index contributed by atoms with van der Waals surface area (Å²) in [5, 5.41) is 15.6. The summed E-state index contributed by atoms with van der Waals surface area (Å²) in [6, 6.07) is 5.14. The number of carboxylic acid groups (broad SMARTS) is 1. The maximum absolute atomic E-state index is 12.1. The van der Waals surface area contributed by atoms with E-state index in [0.29, 0.717) is 17.9 Å². The summed E-state index contributed by atoms with van der Waals surface area (Å²) in [4.78, 5) is 35.1. The van der Waals surface area contributed by atoms with Crippen molar-refractivity contribution in [3.05, 3.63) is 40.9 Å². The zero-order valence-corrected chi connectivity index (χ0v) is 13.4. The molecule has 0 saturated heterocycles. The van der Waals surface area contributed by atoms with E-state index in [1.165, 1.54) is 18.4 Å². The quantitative estimate of drug-likeness (QED) is 0.784. The molecule has 0 bridgehead atoms. The topological polar surface area (TPSA) is 114 Å². The number of carbonyl (C=O) groups excluding carboxylic acids is 1. The Morgan fingerprint density at radius 1 is 1.33 bits per heavy atom. The Labute approximate surface area is 138 Å². The number of nitrogens with one attached hydrogen (secondary N) is 1. The number of rotatable bonds is 7. The van der Waals surface area contributed by atoms with Crippen LogP contribution in [-0.2, 0) is 16.1 Å². The van der Waals surface area contributed by atoms with Crippen molar-refractivity contribution in [2.75, 3.05) is 0 Å². The van der Waals surface area contributed by atoms with Gasteiger partial charge in [0.2, 0.25) is 5.91 Å². The van der Waals surface area contributed by atoms with Gasteiger partial charge in [-0.2, -0.15) is 5.10 Å². The van der Waals surface area contributed by atoms with Crippen LogP contribution in [0.15, 0.2) is 39.7 Å². The molecule has 8 nitrogen and oxygen atoms in total. The average Bonchev–Trinajstić information content (AvgIpc) is 3.02. The van der Waals surface area contributed by atoms with Gasteiger partial charge < -0.3 is 14.8 Å². The Bertz CT molecular complexity index is 764. The van der Waals surface area contributed by atoms with Crippen molar-refractivity contribution in [1.29, 1.82) is 0 Å². The summed E-state index contributed by atoms with van der Waals surface area (Å²) in [5.74, 6) is -1.13. The van der Waals surface area contributed by atoms with Crippen molar-refractivity contribution < 1.29 is 19.1 Å². The first-order valence-electron chi connectivity index (χ1n) is 7.51. The minimum Gasteiger partial charge on any atom is -0.480 e. The molecule has 0 aliphatic heterocycles. The molecule has 0 fully saturated rings. The van der Waals surface area contributed by atoms with E-state index in [-0.39, 0.29) is 12.5 Å². The van der Waals surface area contributed by atoms with Crippen LogP contribution in [0, 0.1) is 5.92 Å². The molecule has 0 aliphatic rings. The van der Waals surface area contributed by atoms with Gasteiger partial charge in [-0.15, -0.1) is 0 Å². The predicted octanol–water partition coefficient (Wildman–Crippen LogP) is 1.12. The summed E-state index contributed by atoms with van der Waals surface area (Å²) >= 11 is 0. The molecule has 0 aliphatic carbocycles. The number of furan rings is 1. The average molecular weight is 333 g/mol. The van der Waals surface area contributed by atoms with Crippen LogP contribution in [0.25, 0.3) is 11.5 Å². The second kappa shape index (κ2) is 7.58. The zero-order valence-electron chi connectivity index (χ0n) is 13.4. The molecule has 2 heterocycles. The molecule has 1 amide bonds. The highest BCUT2D eigenvalue weighted by Crippen LogP contribution is 2.15. The molecule has 1 atom stereocenters. The maximum Gasteiger partial charge on any atom is 0.326 e. The lowest BCUT2D eigenvalue weighted by Gasteiger charge is -2.16. The van der Waals surface area contributed by atoms with Gasteiger partial charge in [0.05, 0.1) is 6.26 Å². The largest absolute Gasteiger partial charge is 0.480 e. The number of hydrogen-bond acceptors (Lipinski definition) is 5. The van der Waals surface area contributed by atoms with Crippen LogP contribution in [0.2, 0.25) is 0 Å². The molecule has 0 radical (unpaired) electrons. The summed E-state index contributed by atoms with van der Waals surface area (Å²) in [5.41, 5.74) is -0.0550. The van der Waals surface area contributed by atoms with E-state index in [9.17, 15) is 14.4 Å². The van der Waals surface area contributed by atoms with Crippen molar-refractivity contribution >= 4 is 11.9 Å². The molecule has 2 aromatic rings. The maximum atomic E-state index is 12.1. The Hall–Kier alpha value is -2.90. The molecule has 2 rings (SSSR count). The highest BCUT2D eigenvalue weighted by atomic mass is 16.4. The zero-order chi connectivity index (χ0) is 17.7. The lowest BCUT2D eigenvalue weighted by atomic mass is 10.0. The standard InChI is InChI=1S/C16H19N3O5/c1-10(2)8-12(16(22)23)17-14(20)9-19-15(21)6-5-11(18-19)13-4-3-7-24-13/h3-7,10,12H,8-9H2,1-2H3,(H,17,20)(H,22,23). The first-order valence-corrected chi connectivity index (χ1v) is 7.51. The number of nitrogens with zero attached hydrogens (tertiary/aromatic N) is 2. The summed E-state index contributed by atoms with van der Waals surface area (Å²) in [6.45, 7) is 3.36. The smallest absolute Gasteiger partial charge is 0.326 e. The third kappa shape index (κ3) is 4.55. The van der Waals surface area contributed by atoms with Crippen molar-refractivity contribution in [2.24, 2.45) is 5.92 Å². The van der Waals surface area contributed by atoms with Crippen molar-refractivity contribution in [3.8, 4) is 11.5 Å². The van der Waals surface area contributed by atoms with Crippen LogP contribution in [0.3, 0.4) is 0 Å².